The molecule has 0 fully saturated rings. The van der Waals surface area contributed by atoms with Crippen LogP contribution in [-0.2, 0) is 9.09 Å². The zero-order valence-corrected chi connectivity index (χ0v) is 7.55. The normalized spacial score (nSPS) is 10.4. The first-order valence-electron chi connectivity index (χ1n) is 3.46. The topological polar surface area (TPSA) is 76.0 Å². The molecule has 0 aliphatic carbocycles. The summed E-state index contributed by atoms with van der Waals surface area (Å²) in [5.74, 6) is 0.496. The summed E-state index contributed by atoms with van der Waals surface area (Å²) in [5, 5.41) is 0. The summed E-state index contributed by atoms with van der Waals surface area (Å²) in [4.78, 5) is 16.6. The van der Waals surface area contributed by atoms with Gasteiger partial charge in [0.15, 0.2) is 6.79 Å². The van der Waals surface area contributed by atoms with Crippen LogP contribution in [0.2, 0.25) is 0 Å². The molecule has 1 aromatic rings. The molecule has 0 saturated heterocycles. The molecule has 1 rings (SSSR count). The maximum atomic E-state index is 10.2. The van der Waals surface area contributed by atoms with Crippen LogP contribution >= 0.6 is 7.82 Å². The van der Waals surface area contributed by atoms with Crippen LogP contribution in [0.25, 0.3) is 0 Å². The van der Waals surface area contributed by atoms with Gasteiger partial charge >= 0.3 is 37.4 Å². The third-order valence-corrected chi connectivity index (χ3v) is 1.63. The van der Waals surface area contributed by atoms with Gasteiger partial charge in [0.05, 0.1) is 0 Å². The van der Waals surface area contributed by atoms with Crippen LogP contribution in [0, 0.1) is 0 Å². The van der Waals surface area contributed by atoms with E-state index in [0.717, 1.165) is 0 Å². The Hall–Kier alpha value is 0.130. The van der Waals surface area contributed by atoms with Crippen LogP contribution in [-0.4, -0.2) is 46.1 Å². The second-order valence-corrected chi connectivity index (χ2v) is 3.43. The van der Waals surface area contributed by atoms with Crippen molar-refractivity contribution in [1.82, 2.24) is 0 Å². The minimum absolute atomic E-state index is 0. The first-order valence-corrected chi connectivity index (χ1v) is 4.99. The summed E-state index contributed by atoms with van der Waals surface area (Å²) < 4.78 is 19.2. The summed E-state index contributed by atoms with van der Waals surface area (Å²) in [6.45, 7) is -0.464. The third-order valence-electron chi connectivity index (χ3n) is 1.19. The van der Waals surface area contributed by atoms with Gasteiger partial charge in [-0.2, -0.15) is 0 Å². The van der Waals surface area contributed by atoms with E-state index in [1.807, 2.05) is 0 Å². The molecule has 74 valence electrons. The van der Waals surface area contributed by atoms with Gasteiger partial charge in [0.25, 0.3) is 0 Å². The number of benzene rings is 1. The fourth-order valence-corrected chi connectivity index (χ4v) is 0.870. The molecule has 0 radical (unpaired) electrons. The quantitative estimate of drug-likeness (QED) is 0.445. The standard InChI is InChI=1S/C7H9O5P.Na.H/c8-13(9,10)12-6-11-7-4-2-1-3-5-7;;/h1-5H,6H2,(H2,8,9,10);;. The van der Waals surface area contributed by atoms with Crippen LogP contribution in [0.5, 0.6) is 5.75 Å². The number of phosphoric ester groups is 1. The number of phosphoric acid groups is 1. The van der Waals surface area contributed by atoms with Gasteiger partial charge in [-0.15, -0.1) is 0 Å². The molecule has 0 amide bonds. The van der Waals surface area contributed by atoms with E-state index in [-0.39, 0.29) is 29.6 Å². The Kier molecular flexibility index (Phi) is 6.64. The Labute approximate surface area is 104 Å². The second-order valence-electron chi connectivity index (χ2n) is 2.19. The second kappa shape index (κ2) is 6.58. The molecule has 14 heavy (non-hydrogen) atoms. The molecule has 7 heteroatoms. The SMILES string of the molecule is O=P(O)(O)OCOc1ccccc1.[NaH]. The van der Waals surface area contributed by atoms with Gasteiger partial charge in [-0.3, -0.25) is 0 Å². The number of ether oxygens (including phenoxy) is 1. The molecule has 0 aliphatic heterocycles. The molecule has 0 spiro atoms. The average Bonchev–Trinajstić information content (AvgIpc) is 2.04. The van der Waals surface area contributed by atoms with E-state index in [1.54, 1.807) is 30.3 Å². The Morgan fingerprint density at radius 3 is 2.29 bits per heavy atom. The van der Waals surface area contributed by atoms with E-state index in [0.29, 0.717) is 5.75 Å². The maximum absolute atomic E-state index is 10.2. The van der Waals surface area contributed by atoms with E-state index in [4.69, 9.17) is 14.5 Å². The summed E-state index contributed by atoms with van der Waals surface area (Å²) in [7, 11) is -4.43. The van der Waals surface area contributed by atoms with Crippen molar-refractivity contribution in [1.29, 1.82) is 0 Å². The Morgan fingerprint density at radius 1 is 1.21 bits per heavy atom. The van der Waals surface area contributed by atoms with Crippen LogP contribution in [0.4, 0.5) is 0 Å². The molecule has 0 aliphatic rings. The van der Waals surface area contributed by atoms with Gasteiger partial charge in [-0.25, -0.2) is 9.09 Å². The Morgan fingerprint density at radius 2 is 1.79 bits per heavy atom. The van der Waals surface area contributed by atoms with Crippen molar-refractivity contribution in [3.05, 3.63) is 30.3 Å². The van der Waals surface area contributed by atoms with E-state index in [2.05, 4.69) is 4.52 Å². The van der Waals surface area contributed by atoms with E-state index in [1.165, 1.54) is 0 Å². The van der Waals surface area contributed by atoms with Crippen molar-refractivity contribution in [2.45, 2.75) is 0 Å². The average molecular weight is 228 g/mol. The third kappa shape index (κ3) is 6.56. The van der Waals surface area contributed by atoms with Gasteiger partial charge in [0.2, 0.25) is 0 Å². The number of rotatable bonds is 4. The van der Waals surface area contributed by atoms with Gasteiger partial charge in [0, 0.05) is 0 Å². The molecule has 0 unspecified atom stereocenters. The van der Waals surface area contributed by atoms with E-state index in [9.17, 15) is 4.57 Å². The molecule has 2 N–H and O–H groups in total. The van der Waals surface area contributed by atoms with Crippen molar-refractivity contribution in [2.24, 2.45) is 0 Å². The minimum atomic E-state index is -4.43. The van der Waals surface area contributed by atoms with Crippen molar-refractivity contribution < 1.29 is 23.6 Å². The number of para-hydroxylation sites is 1. The molecule has 0 atom stereocenters. The molecular weight excluding hydrogens is 218 g/mol. The Balaban J connectivity index is 0.00000169. The zero-order valence-electron chi connectivity index (χ0n) is 6.66. The van der Waals surface area contributed by atoms with Crippen LogP contribution in [0.3, 0.4) is 0 Å². The fraction of sp³-hybridized carbons (Fsp3) is 0.143. The van der Waals surface area contributed by atoms with Crippen molar-refractivity contribution in [3.8, 4) is 5.75 Å². The van der Waals surface area contributed by atoms with Crippen molar-refractivity contribution in [2.75, 3.05) is 6.79 Å². The predicted molar refractivity (Wildman–Crippen MR) is 52.2 cm³/mol. The summed E-state index contributed by atoms with van der Waals surface area (Å²) in [5.41, 5.74) is 0. The first kappa shape index (κ1) is 14.1. The molecule has 5 nitrogen and oxygen atoms in total. The number of hydrogen-bond donors (Lipinski definition) is 2. The van der Waals surface area contributed by atoms with E-state index < -0.39 is 14.6 Å². The molecular formula is C7H10NaO5P. The summed E-state index contributed by atoms with van der Waals surface area (Å²) >= 11 is 0. The summed E-state index contributed by atoms with van der Waals surface area (Å²) in [6.07, 6.45) is 0. The first-order chi connectivity index (χ1) is 6.08. The van der Waals surface area contributed by atoms with Crippen LogP contribution in [0.15, 0.2) is 30.3 Å². The monoisotopic (exact) mass is 228 g/mol. The van der Waals surface area contributed by atoms with Crippen LogP contribution in [0.1, 0.15) is 0 Å². The van der Waals surface area contributed by atoms with Gasteiger partial charge in [-0.05, 0) is 12.1 Å². The molecule has 0 aromatic heterocycles. The molecule has 0 heterocycles. The summed E-state index contributed by atoms with van der Waals surface area (Å²) in [6, 6.07) is 8.60. The Bertz CT molecular complexity index is 298. The van der Waals surface area contributed by atoms with Crippen molar-refractivity contribution >= 4 is 37.4 Å². The van der Waals surface area contributed by atoms with E-state index >= 15 is 0 Å². The molecule has 0 bridgehead atoms. The van der Waals surface area contributed by atoms with Gasteiger partial charge < -0.3 is 14.5 Å². The number of hydrogen-bond acceptors (Lipinski definition) is 3. The van der Waals surface area contributed by atoms with Crippen LogP contribution < -0.4 is 4.74 Å². The van der Waals surface area contributed by atoms with Crippen molar-refractivity contribution in [3.63, 3.8) is 0 Å². The van der Waals surface area contributed by atoms with Gasteiger partial charge in [-0.1, -0.05) is 18.2 Å². The molecule has 0 saturated carbocycles. The van der Waals surface area contributed by atoms with Gasteiger partial charge in [0.1, 0.15) is 5.75 Å². The fourth-order valence-electron chi connectivity index (χ4n) is 0.680. The predicted octanol–water partition coefficient (Wildman–Crippen LogP) is 0.484. The molecule has 1 aromatic carbocycles. The zero-order chi connectivity index (χ0) is 9.73.